The van der Waals surface area contributed by atoms with Crippen molar-refractivity contribution < 1.29 is 22.8 Å². The van der Waals surface area contributed by atoms with Gasteiger partial charge in [-0.3, -0.25) is 9.63 Å². The fourth-order valence-corrected chi connectivity index (χ4v) is 2.25. The van der Waals surface area contributed by atoms with Gasteiger partial charge in [-0.1, -0.05) is 23.7 Å². The predicted octanol–water partition coefficient (Wildman–Crippen LogP) is 3.43. The Bertz CT molecular complexity index is 429. The highest BCUT2D eigenvalue weighted by Gasteiger charge is 2.28. The maximum Gasteiger partial charge on any atom is 0.414 e. The number of nitrogens with one attached hydrogen (secondary N) is 1. The van der Waals surface area contributed by atoms with Gasteiger partial charge in [0.25, 0.3) is 0 Å². The first-order chi connectivity index (χ1) is 8.88. The second-order valence-electron chi connectivity index (χ2n) is 3.46. The molecular formula is C11H11ClF3NO2S. The molecule has 1 N–H and O–H groups in total. The lowest BCUT2D eigenvalue weighted by molar-refractivity contribution is -0.191. The third-order valence-corrected chi connectivity index (χ3v) is 3.36. The number of rotatable bonds is 6. The van der Waals surface area contributed by atoms with E-state index in [1.807, 2.05) is 0 Å². The highest BCUT2D eigenvalue weighted by atomic mass is 35.5. The van der Waals surface area contributed by atoms with E-state index in [-0.39, 0.29) is 6.42 Å². The predicted molar refractivity (Wildman–Crippen MR) is 66.9 cm³/mol. The van der Waals surface area contributed by atoms with Crippen LogP contribution in [-0.4, -0.2) is 24.4 Å². The lowest BCUT2D eigenvalue weighted by Gasteiger charge is -2.08. The number of alkyl halides is 3. The molecule has 19 heavy (non-hydrogen) atoms. The molecule has 0 aliphatic carbocycles. The molecular weight excluding hydrogens is 303 g/mol. The van der Waals surface area contributed by atoms with Crippen molar-refractivity contribution in [2.24, 2.45) is 0 Å². The number of hydrogen-bond donors (Lipinski definition) is 1. The minimum absolute atomic E-state index is 0.0355. The van der Waals surface area contributed by atoms with E-state index in [0.717, 1.165) is 4.90 Å². The standard InChI is InChI=1S/C11H11ClF3NO2S/c12-8-3-1-2-4-9(8)19-6-5-10(17)16-18-7-11(13,14)15/h1-4H,5-7H2,(H,16,17). The summed E-state index contributed by atoms with van der Waals surface area (Å²) in [4.78, 5) is 16.0. The Hall–Kier alpha value is -0.920. The van der Waals surface area contributed by atoms with Gasteiger partial charge < -0.3 is 0 Å². The minimum Gasteiger partial charge on any atom is -0.273 e. The van der Waals surface area contributed by atoms with E-state index in [9.17, 15) is 18.0 Å². The van der Waals surface area contributed by atoms with Crippen LogP contribution in [0.25, 0.3) is 0 Å². The number of hydrogen-bond acceptors (Lipinski definition) is 3. The lowest BCUT2D eigenvalue weighted by atomic mass is 10.4. The SMILES string of the molecule is O=C(CCSc1ccccc1Cl)NOCC(F)(F)F. The summed E-state index contributed by atoms with van der Waals surface area (Å²) in [5.41, 5.74) is 1.73. The Morgan fingerprint density at radius 3 is 2.68 bits per heavy atom. The molecule has 1 rings (SSSR count). The van der Waals surface area contributed by atoms with Crippen LogP contribution in [0.5, 0.6) is 0 Å². The van der Waals surface area contributed by atoms with Crippen molar-refractivity contribution in [3.05, 3.63) is 29.3 Å². The van der Waals surface area contributed by atoms with Crippen LogP contribution in [0.3, 0.4) is 0 Å². The highest BCUT2D eigenvalue weighted by Crippen LogP contribution is 2.26. The van der Waals surface area contributed by atoms with Crippen molar-refractivity contribution in [2.75, 3.05) is 12.4 Å². The average molecular weight is 314 g/mol. The molecule has 0 spiro atoms. The van der Waals surface area contributed by atoms with Crippen LogP contribution >= 0.6 is 23.4 Å². The highest BCUT2D eigenvalue weighted by molar-refractivity contribution is 7.99. The molecule has 0 bridgehead atoms. The average Bonchev–Trinajstić information content (AvgIpc) is 2.30. The molecule has 0 aromatic heterocycles. The normalized spacial score (nSPS) is 11.4. The number of benzene rings is 1. The third kappa shape index (κ3) is 7.29. The lowest BCUT2D eigenvalue weighted by Crippen LogP contribution is -2.29. The molecule has 0 saturated heterocycles. The van der Waals surface area contributed by atoms with Crippen LogP contribution in [0.4, 0.5) is 13.2 Å². The molecule has 0 aliphatic rings. The Kier molecular flexibility index (Phi) is 6.47. The summed E-state index contributed by atoms with van der Waals surface area (Å²) in [6.45, 7) is -1.50. The van der Waals surface area contributed by atoms with Crippen molar-refractivity contribution in [1.29, 1.82) is 0 Å². The number of carbonyl (C=O) groups is 1. The summed E-state index contributed by atoms with van der Waals surface area (Å²) >= 11 is 7.25. The molecule has 0 radical (unpaired) electrons. The second-order valence-corrected chi connectivity index (χ2v) is 5.00. The fourth-order valence-electron chi connectivity index (χ4n) is 1.06. The van der Waals surface area contributed by atoms with Gasteiger partial charge in [-0.15, -0.1) is 11.8 Å². The van der Waals surface area contributed by atoms with Gasteiger partial charge in [0.15, 0.2) is 6.61 Å². The molecule has 0 atom stereocenters. The first kappa shape index (κ1) is 16.1. The van der Waals surface area contributed by atoms with Crippen molar-refractivity contribution in [1.82, 2.24) is 5.48 Å². The molecule has 8 heteroatoms. The van der Waals surface area contributed by atoms with Crippen LogP contribution in [-0.2, 0) is 9.63 Å². The first-order valence-corrected chi connectivity index (χ1v) is 6.59. The maximum atomic E-state index is 11.7. The van der Waals surface area contributed by atoms with Gasteiger partial charge in [0, 0.05) is 17.1 Å². The second kappa shape index (κ2) is 7.62. The smallest absolute Gasteiger partial charge is 0.273 e. The topological polar surface area (TPSA) is 38.3 Å². The zero-order valence-corrected chi connectivity index (χ0v) is 11.2. The van der Waals surface area contributed by atoms with Crippen LogP contribution < -0.4 is 5.48 Å². The fraction of sp³-hybridized carbons (Fsp3) is 0.364. The molecule has 1 aromatic carbocycles. The first-order valence-electron chi connectivity index (χ1n) is 5.23. The van der Waals surface area contributed by atoms with Crippen LogP contribution in [0.2, 0.25) is 5.02 Å². The molecule has 106 valence electrons. The Morgan fingerprint density at radius 1 is 1.37 bits per heavy atom. The number of halogens is 4. The van der Waals surface area contributed by atoms with Crippen LogP contribution in [0.15, 0.2) is 29.2 Å². The molecule has 0 fully saturated rings. The zero-order valence-electron chi connectivity index (χ0n) is 9.67. The molecule has 0 aliphatic heterocycles. The van der Waals surface area contributed by atoms with Crippen molar-refractivity contribution in [3.63, 3.8) is 0 Å². The van der Waals surface area contributed by atoms with Crippen molar-refractivity contribution >= 4 is 29.3 Å². The van der Waals surface area contributed by atoms with Gasteiger partial charge in [0.1, 0.15) is 0 Å². The quantitative estimate of drug-likeness (QED) is 0.646. The number of amides is 1. The van der Waals surface area contributed by atoms with E-state index in [2.05, 4.69) is 4.84 Å². The van der Waals surface area contributed by atoms with E-state index in [4.69, 9.17) is 11.6 Å². The summed E-state index contributed by atoms with van der Waals surface area (Å²) in [5.74, 6) is -0.214. The molecule has 1 aromatic rings. The van der Waals surface area contributed by atoms with Crippen molar-refractivity contribution in [3.8, 4) is 0 Å². The summed E-state index contributed by atoms with van der Waals surface area (Å²) < 4.78 is 35.2. The summed E-state index contributed by atoms with van der Waals surface area (Å²) in [7, 11) is 0. The Balaban J connectivity index is 2.19. The van der Waals surface area contributed by atoms with Crippen LogP contribution in [0.1, 0.15) is 6.42 Å². The zero-order chi connectivity index (χ0) is 14.3. The summed E-state index contributed by atoms with van der Waals surface area (Å²) in [6.07, 6.45) is -4.42. The molecule has 0 heterocycles. The summed E-state index contributed by atoms with van der Waals surface area (Å²) in [6, 6.07) is 7.10. The van der Waals surface area contributed by atoms with Gasteiger partial charge in [-0.25, -0.2) is 5.48 Å². The molecule has 3 nitrogen and oxygen atoms in total. The van der Waals surface area contributed by atoms with Crippen LogP contribution in [0, 0.1) is 0 Å². The Labute approximate surface area is 117 Å². The molecule has 0 saturated carbocycles. The van der Waals surface area contributed by atoms with Gasteiger partial charge in [-0.05, 0) is 12.1 Å². The maximum absolute atomic E-state index is 11.7. The van der Waals surface area contributed by atoms with E-state index < -0.39 is 18.7 Å². The Morgan fingerprint density at radius 2 is 2.05 bits per heavy atom. The number of hydroxylamine groups is 1. The van der Waals surface area contributed by atoms with Gasteiger partial charge >= 0.3 is 6.18 Å². The van der Waals surface area contributed by atoms with Gasteiger partial charge in [0.05, 0.1) is 5.02 Å². The van der Waals surface area contributed by atoms with Gasteiger partial charge in [-0.2, -0.15) is 13.2 Å². The van der Waals surface area contributed by atoms with E-state index >= 15 is 0 Å². The van der Waals surface area contributed by atoms with Crippen molar-refractivity contribution in [2.45, 2.75) is 17.5 Å². The van der Waals surface area contributed by atoms with Gasteiger partial charge in [0.2, 0.25) is 5.91 Å². The van der Waals surface area contributed by atoms with E-state index in [1.54, 1.807) is 29.7 Å². The minimum atomic E-state index is -4.46. The van der Waals surface area contributed by atoms with E-state index in [1.165, 1.54) is 11.8 Å². The monoisotopic (exact) mass is 313 g/mol. The number of thioether (sulfide) groups is 1. The number of carbonyl (C=O) groups excluding carboxylic acids is 1. The summed E-state index contributed by atoms with van der Waals surface area (Å²) in [5, 5.41) is 0.571. The third-order valence-electron chi connectivity index (χ3n) is 1.85. The molecule has 1 amide bonds. The largest absolute Gasteiger partial charge is 0.414 e. The van der Waals surface area contributed by atoms with E-state index in [0.29, 0.717) is 10.8 Å². The molecule has 0 unspecified atom stereocenters.